The summed E-state index contributed by atoms with van der Waals surface area (Å²) >= 11 is 6.17. The molecule has 4 amide bonds. The Labute approximate surface area is 335 Å². The summed E-state index contributed by atoms with van der Waals surface area (Å²) in [5, 5.41) is 17.6. The molecule has 8 rings (SSSR count). The number of hydrogen-bond acceptors (Lipinski definition) is 11. The molecule has 16 heteroatoms. The van der Waals surface area contributed by atoms with E-state index in [1.54, 1.807) is 42.5 Å². The number of nitriles is 1. The topological polar surface area (TPSA) is 169 Å². The zero-order chi connectivity index (χ0) is 39.8. The molecule has 1 aliphatic carbocycles. The minimum atomic E-state index is -0.838. The Bertz CT molecular complexity index is 2090. The molecule has 298 valence electrons. The molecule has 0 bridgehead atoms. The molecular weight excluding hydrogens is 753 g/mol. The van der Waals surface area contributed by atoms with Gasteiger partial charge in [0.25, 0.3) is 17.7 Å². The van der Waals surface area contributed by atoms with Gasteiger partial charge in [0.2, 0.25) is 5.91 Å². The number of aromatic nitrogens is 2. The van der Waals surface area contributed by atoms with Gasteiger partial charge >= 0.3 is 0 Å². The molecule has 3 aromatic rings. The molecule has 1 saturated carbocycles. The minimum absolute atomic E-state index is 0.00659. The zero-order valence-corrected chi connectivity index (χ0v) is 32.4. The molecule has 14 nitrogen and oxygen atoms in total. The molecule has 2 aromatic carbocycles. The summed E-state index contributed by atoms with van der Waals surface area (Å²) in [4.78, 5) is 61.9. The Balaban J connectivity index is 0.832. The number of hydrogen-bond donors (Lipinski definition) is 1. The van der Waals surface area contributed by atoms with Gasteiger partial charge in [-0.1, -0.05) is 17.7 Å². The highest BCUT2D eigenvalue weighted by atomic mass is 35.5. The summed E-state index contributed by atoms with van der Waals surface area (Å²) in [6, 6.07) is 13.0. The third-order valence-corrected chi connectivity index (χ3v) is 12.6. The number of likely N-dealkylation sites (tertiary alicyclic amines) is 1. The Morgan fingerprint density at radius 2 is 1.67 bits per heavy atom. The number of nitrogens with two attached hydrogens (primary N) is 1. The van der Waals surface area contributed by atoms with E-state index in [0.29, 0.717) is 65.7 Å². The molecule has 0 radical (unpaired) electrons. The van der Waals surface area contributed by atoms with Gasteiger partial charge in [-0.2, -0.15) is 5.26 Å². The first-order valence-electron chi connectivity index (χ1n) is 19.8. The maximum absolute atomic E-state index is 16.2. The molecule has 5 aliphatic rings. The molecule has 0 spiro atoms. The van der Waals surface area contributed by atoms with Crippen molar-refractivity contribution in [1.82, 2.24) is 29.8 Å². The first-order valence-corrected chi connectivity index (χ1v) is 20.1. The second-order valence-corrected chi connectivity index (χ2v) is 16.0. The van der Waals surface area contributed by atoms with Crippen molar-refractivity contribution in [2.24, 2.45) is 5.73 Å². The number of halogens is 2. The smallest absolute Gasteiger partial charge is 0.269 e. The first-order chi connectivity index (χ1) is 27.6. The van der Waals surface area contributed by atoms with Crippen LogP contribution < -0.4 is 15.4 Å². The van der Waals surface area contributed by atoms with Gasteiger partial charge in [0, 0.05) is 87.1 Å². The van der Waals surface area contributed by atoms with Crippen LogP contribution >= 0.6 is 11.6 Å². The molecule has 1 aromatic heterocycles. The highest BCUT2D eigenvalue weighted by Crippen LogP contribution is 2.36. The third kappa shape index (κ3) is 7.90. The van der Waals surface area contributed by atoms with E-state index >= 15 is 4.39 Å². The van der Waals surface area contributed by atoms with Gasteiger partial charge in [0.05, 0.1) is 23.2 Å². The van der Waals surface area contributed by atoms with Crippen molar-refractivity contribution in [3.8, 4) is 11.8 Å². The fourth-order valence-corrected chi connectivity index (χ4v) is 9.35. The van der Waals surface area contributed by atoms with Crippen LogP contribution in [0.4, 0.5) is 10.2 Å². The third-order valence-electron chi connectivity index (χ3n) is 12.3. The highest BCUT2D eigenvalue weighted by molar-refractivity contribution is 6.31. The number of benzene rings is 2. The van der Waals surface area contributed by atoms with E-state index in [9.17, 15) is 19.2 Å². The predicted octanol–water partition coefficient (Wildman–Crippen LogP) is 3.89. The number of anilines is 1. The SMILES string of the molecule is N#Cc1ccc(OC2CCC(N3C(=O)CCC(N4Cc5c(ccc(CN6CCN(C7CCN(c8ccc(C(N)=O)nn8)CC7)CC6)c5F)C4=O)C3=O)CC2)cc1Cl. The van der Waals surface area contributed by atoms with E-state index < -0.39 is 23.7 Å². The van der Waals surface area contributed by atoms with Crippen LogP contribution in [0.5, 0.6) is 5.75 Å². The van der Waals surface area contributed by atoms with E-state index in [-0.39, 0.29) is 54.6 Å². The standard InChI is InChI=1S/C41H45ClFN9O5/c42-33-21-30(5-1-25(33)22-44)57-29-6-3-28(4-7-29)52-37(53)12-10-35(41(52)56)51-24-32-31(40(51)55)8-2-26(38(32)43)23-48-17-19-49(20-18-48)27-13-15-50(16-14-27)36-11-9-34(39(45)54)46-47-36/h1-2,5,8-9,11,21,27-29,35H,3-4,6-7,10,12-20,23-24H2,(H2,45,54). The quantitative estimate of drug-likeness (QED) is 0.312. The first kappa shape index (κ1) is 38.7. The van der Waals surface area contributed by atoms with Crippen LogP contribution in [0.3, 0.4) is 0 Å². The van der Waals surface area contributed by atoms with Crippen LogP contribution in [0.2, 0.25) is 5.02 Å². The Morgan fingerprint density at radius 3 is 2.33 bits per heavy atom. The molecule has 2 N–H and O–H groups in total. The lowest BCUT2D eigenvalue weighted by Gasteiger charge is -2.43. The lowest BCUT2D eigenvalue weighted by atomic mass is 9.89. The largest absolute Gasteiger partial charge is 0.490 e. The number of nitrogens with zero attached hydrogens (tertiary/aromatic N) is 8. The van der Waals surface area contributed by atoms with Gasteiger partial charge in [0.1, 0.15) is 23.7 Å². The Morgan fingerprint density at radius 1 is 0.912 bits per heavy atom. The van der Waals surface area contributed by atoms with Crippen molar-refractivity contribution < 1.29 is 28.3 Å². The fourth-order valence-electron chi connectivity index (χ4n) is 9.14. The molecule has 5 heterocycles. The van der Waals surface area contributed by atoms with Gasteiger partial charge in [-0.05, 0) is 75.3 Å². The van der Waals surface area contributed by atoms with Crippen LogP contribution in [0.1, 0.15) is 88.9 Å². The van der Waals surface area contributed by atoms with Crippen LogP contribution in [0.15, 0.2) is 42.5 Å². The molecule has 57 heavy (non-hydrogen) atoms. The van der Waals surface area contributed by atoms with Crippen LogP contribution in [0.25, 0.3) is 0 Å². The van der Waals surface area contributed by atoms with Gasteiger partial charge in [-0.15, -0.1) is 10.2 Å². The maximum atomic E-state index is 16.2. The lowest BCUT2D eigenvalue weighted by Crippen LogP contribution is -2.58. The molecule has 4 fully saturated rings. The molecular formula is C41H45ClFN9O5. The molecule has 1 atom stereocenters. The van der Waals surface area contributed by atoms with Gasteiger partial charge < -0.3 is 20.3 Å². The number of imide groups is 1. The number of ether oxygens (including phenoxy) is 1. The minimum Gasteiger partial charge on any atom is -0.490 e. The van der Waals surface area contributed by atoms with Crippen LogP contribution in [0, 0.1) is 17.1 Å². The zero-order valence-electron chi connectivity index (χ0n) is 31.6. The molecule has 3 saturated heterocycles. The fraction of sp³-hybridized carbons (Fsp3) is 0.488. The summed E-state index contributed by atoms with van der Waals surface area (Å²) in [6.07, 6.45) is 4.53. The van der Waals surface area contributed by atoms with E-state index in [4.69, 9.17) is 27.3 Å². The van der Waals surface area contributed by atoms with E-state index in [2.05, 4.69) is 24.9 Å². The summed E-state index contributed by atoms with van der Waals surface area (Å²) in [5.41, 5.74) is 6.93. The van der Waals surface area contributed by atoms with E-state index in [1.807, 2.05) is 6.07 Å². The Kier molecular flexibility index (Phi) is 11.1. The number of piperazine rings is 1. The van der Waals surface area contributed by atoms with Crippen molar-refractivity contribution in [2.75, 3.05) is 44.2 Å². The number of piperidine rings is 2. The van der Waals surface area contributed by atoms with Crippen molar-refractivity contribution in [3.63, 3.8) is 0 Å². The summed E-state index contributed by atoms with van der Waals surface area (Å²) in [7, 11) is 0. The number of rotatable bonds is 9. The summed E-state index contributed by atoms with van der Waals surface area (Å²) < 4.78 is 22.3. The van der Waals surface area contributed by atoms with Gasteiger partial charge in [-0.3, -0.25) is 33.9 Å². The monoisotopic (exact) mass is 797 g/mol. The second kappa shape index (κ2) is 16.4. The normalized spacial score (nSPS) is 23.8. The number of primary amides is 1. The van der Waals surface area contributed by atoms with Crippen molar-refractivity contribution in [1.29, 1.82) is 5.26 Å². The number of fused-ring (bicyclic) bond motifs is 1. The van der Waals surface area contributed by atoms with E-state index in [0.717, 1.165) is 57.9 Å². The maximum Gasteiger partial charge on any atom is 0.269 e. The molecule has 4 aliphatic heterocycles. The van der Waals surface area contributed by atoms with Crippen molar-refractivity contribution in [3.05, 3.63) is 81.3 Å². The number of amides is 4. The lowest BCUT2D eigenvalue weighted by molar-refractivity contribution is -0.156. The van der Waals surface area contributed by atoms with Gasteiger partial charge in [0.15, 0.2) is 11.5 Å². The van der Waals surface area contributed by atoms with E-state index in [1.165, 1.54) is 9.80 Å². The number of carbonyl (C=O) groups is 4. The van der Waals surface area contributed by atoms with Crippen LogP contribution in [-0.2, 0) is 22.7 Å². The average molecular weight is 798 g/mol. The summed E-state index contributed by atoms with van der Waals surface area (Å²) in [5.74, 6) is -0.719. The number of carbonyl (C=O) groups excluding carboxylic acids is 4. The molecule has 1 unspecified atom stereocenters. The van der Waals surface area contributed by atoms with Crippen molar-refractivity contribution >= 4 is 41.0 Å². The highest BCUT2D eigenvalue weighted by Gasteiger charge is 2.46. The second-order valence-electron chi connectivity index (χ2n) is 15.6. The van der Waals surface area contributed by atoms with Crippen molar-refractivity contribution in [2.45, 2.75) is 88.7 Å². The van der Waals surface area contributed by atoms with Crippen LogP contribution in [-0.4, -0.2) is 117 Å². The average Bonchev–Trinajstić information content (AvgIpc) is 3.56. The Hall–Kier alpha value is -5.17. The van der Waals surface area contributed by atoms with Gasteiger partial charge in [-0.25, -0.2) is 4.39 Å². The predicted molar refractivity (Wildman–Crippen MR) is 207 cm³/mol. The summed E-state index contributed by atoms with van der Waals surface area (Å²) in [6.45, 7) is 5.41.